The van der Waals surface area contributed by atoms with E-state index in [9.17, 15) is 0 Å². The Morgan fingerprint density at radius 3 is 2.00 bits per heavy atom. The van der Waals surface area contributed by atoms with E-state index in [2.05, 4.69) is 57.2 Å². The van der Waals surface area contributed by atoms with E-state index in [0.717, 1.165) is 22.5 Å². The molecule has 0 bridgehead atoms. The molecule has 3 aromatic carbocycles. The predicted octanol–water partition coefficient (Wildman–Crippen LogP) is 5.11. The van der Waals surface area contributed by atoms with Gasteiger partial charge in [0.1, 0.15) is 0 Å². The van der Waals surface area contributed by atoms with E-state index >= 15 is 0 Å². The summed E-state index contributed by atoms with van der Waals surface area (Å²) in [4.78, 5) is 0. The van der Waals surface area contributed by atoms with Crippen LogP contribution in [0.25, 0.3) is 22.3 Å². The van der Waals surface area contributed by atoms with Crippen LogP contribution in [0.5, 0.6) is 0 Å². The van der Waals surface area contributed by atoms with Crippen molar-refractivity contribution in [1.29, 1.82) is 0 Å². The molecular formula is C21H22N2. The van der Waals surface area contributed by atoms with Gasteiger partial charge in [0.15, 0.2) is 0 Å². The van der Waals surface area contributed by atoms with Crippen LogP contribution in [-0.4, -0.2) is 0 Å². The van der Waals surface area contributed by atoms with Crippen LogP contribution in [0.15, 0.2) is 54.6 Å². The minimum Gasteiger partial charge on any atom is -0.399 e. The van der Waals surface area contributed by atoms with E-state index < -0.39 is 0 Å². The van der Waals surface area contributed by atoms with Crippen molar-refractivity contribution >= 4 is 11.4 Å². The molecule has 0 saturated heterocycles. The van der Waals surface area contributed by atoms with Crippen molar-refractivity contribution in [1.82, 2.24) is 0 Å². The SMILES string of the molecule is Cc1ccc(-c2c(N)ccc(-c3ccc(N)cc3C)c2C)cc1. The zero-order chi connectivity index (χ0) is 16.6. The van der Waals surface area contributed by atoms with Crippen molar-refractivity contribution in [3.8, 4) is 22.3 Å². The molecule has 3 aromatic rings. The van der Waals surface area contributed by atoms with E-state index in [1.165, 1.54) is 27.8 Å². The Kier molecular flexibility index (Phi) is 3.83. The van der Waals surface area contributed by atoms with E-state index in [4.69, 9.17) is 11.5 Å². The average Bonchev–Trinajstić information content (AvgIpc) is 2.50. The summed E-state index contributed by atoms with van der Waals surface area (Å²) >= 11 is 0. The summed E-state index contributed by atoms with van der Waals surface area (Å²) in [6.07, 6.45) is 0. The van der Waals surface area contributed by atoms with Gasteiger partial charge in [0.05, 0.1) is 0 Å². The van der Waals surface area contributed by atoms with Gasteiger partial charge >= 0.3 is 0 Å². The Hall–Kier alpha value is -2.74. The van der Waals surface area contributed by atoms with Crippen LogP contribution in [0.3, 0.4) is 0 Å². The van der Waals surface area contributed by atoms with Gasteiger partial charge in [-0.05, 0) is 66.8 Å². The van der Waals surface area contributed by atoms with Crippen LogP contribution in [0.2, 0.25) is 0 Å². The minimum absolute atomic E-state index is 0.790. The number of nitrogens with two attached hydrogens (primary N) is 2. The molecule has 2 nitrogen and oxygen atoms in total. The molecule has 0 atom stereocenters. The first-order valence-corrected chi connectivity index (χ1v) is 7.80. The Bertz CT molecular complexity index is 862. The number of rotatable bonds is 2. The lowest BCUT2D eigenvalue weighted by molar-refractivity contribution is 1.40. The van der Waals surface area contributed by atoms with E-state index in [-0.39, 0.29) is 0 Å². The van der Waals surface area contributed by atoms with Crippen LogP contribution in [0.1, 0.15) is 16.7 Å². The molecule has 2 heteroatoms. The number of hydrogen-bond acceptors (Lipinski definition) is 2. The summed E-state index contributed by atoms with van der Waals surface area (Å²) in [5.41, 5.74) is 22.0. The largest absolute Gasteiger partial charge is 0.399 e. The normalized spacial score (nSPS) is 10.7. The molecular weight excluding hydrogens is 280 g/mol. The summed E-state index contributed by atoms with van der Waals surface area (Å²) in [5.74, 6) is 0. The molecule has 0 saturated carbocycles. The highest BCUT2D eigenvalue weighted by Crippen LogP contribution is 2.37. The van der Waals surface area contributed by atoms with E-state index in [1.54, 1.807) is 0 Å². The number of nitrogen functional groups attached to an aromatic ring is 2. The molecule has 0 unspecified atom stereocenters. The molecule has 0 radical (unpaired) electrons. The maximum Gasteiger partial charge on any atom is 0.0396 e. The van der Waals surface area contributed by atoms with Crippen molar-refractivity contribution in [3.63, 3.8) is 0 Å². The van der Waals surface area contributed by atoms with Gasteiger partial charge < -0.3 is 11.5 Å². The smallest absolute Gasteiger partial charge is 0.0396 e. The van der Waals surface area contributed by atoms with Crippen LogP contribution < -0.4 is 11.5 Å². The first-order chi connectivity index (χ1) is 11.0. The fraction of sp³-hybridized carbons (Fsp3) is 0.143. The van der Waals surface area contributed by atoms with E-state index in [1.807, 2.05) is 18.2 Å². The Labute approximate surface area is 137 Å². The number of anilines is 2. The van der Waals surface area contributed by atoms with Gasteiger partial charge in [-0.3, -0.25) is 0 Å². The van der Waals surface area contributed by atoms with Gasteiger partial charge in [0.25, 0.3) is 0 Å². The third-order valence-corrected chi connectivity index (χ3v) is 4.38. The molecule has 0 spiro atoms. The molecule has 0 aromatic heterocycles. The number of aryl methyl sites for hydroxylation is 2. The molecule has 23 heavy (non-hydrogen) atoms. The second-order valence-electron chi connectivity index (χ2n) is 6.14. The van der Waals surface area contributed by atoms with Crippen LogP contribution in [0, 0.1) is 20.8 Å². The second-order valence-corrected chi connectivity index (χ2v) is 6.14. The topological polar surface area (TPSA) is 52.0 Å². The summed E-state index contributed by atoms with van der Waals surface area (Å²) in [6, 6.07) is 18.6. The Morgan fingerprint density at radius 2 is 1.35 bits per heavy atom. The van der Waals surface area contributed by atoms with Gasteiger partial charge in [-0.2, -0.15) is 0 Å². The third kappa shape index (κ3) is 2.80. The fourth-order valence-corrected chi connectivity index (χ4v) is 3.12. The van der Waals surface area contributed by atoms with Gasteiger partial charge in [-0.25, -0.2) is 0 Å². The zero-order valence-corrected chi connectivity index (χ0v) is 13.9. The number of benzene rings is 3. The Balaban J connectivity index is 2.21. The molecule has 0 aliphatic carbocycles. The molecule has 4 N–H and O–H groups in total. The van der Waals surface area contributed by atoms with E-state index in [0.29, 0.717) is 0 Å². The third-order valence-electron chi connectivity index (χ3n) is 4.38. The van der Waals surface area contributed by atoms with Crippen molar-refractivity contribution in [2.45, 2.75) is 20.8 Å². The summed E-state index contributed by atoms with van der Waals surface area (Å²) in [6.45, 7) is 6.32. The van der Waals surface area contributed by atoms with Crippen LogP contribution in [0.4, 0.5) is 11.4 Å². The first kappa shape index (κ1) is 15.2. The van der Waals surface area contributed by atoms with Gasteiger partial charge in [-0.15, -0.1) is 0 Å². The van der Waals surface area contributed by atoms with Crippen LogP contribution in [-0.2, 0) is 0 Å². The highest BCUT2D eigenvalue weighted by atomic mass is 14.6. The number of hydrogen-bond donors (Lipinski definition) is 2. The lowest BCUT2D eigenvalue weighted by atomic mass is 9.89. The molecule has 3 rings (SSSR count). The molecule has 0 fully saturated rings. The second kappa shape index (κ2) is 5.81. The van der Waals surface area contributed by atoms with Gasteiger partial charge in [0.2, 0.25) is 0 Å². The van der Waals surface area contributed by atoms with Crippen molar-refractivity contribution < 1.29 is 0 Å². The molecule has 0 aliphatic rings. The average molecular weight is 302 g/mol. The quantitative estimate of drug-likeness (QED) is 0.646. The Morgan fingerprint density at radius 1 is 0.696 bits per heavy atom. The fourth-order valence-electron chi connectivity index (χ4n) is 3.12. The predicted molar refractivity (Wildman–Crippen MR) is 100 cm³/mol. The molecule has 0 amide bonds. The van der Waals surface area contributed by atoms with Gasteiger partial charge in [-0.1, -0.05) is 42.0 Å². The zero-order valence-electron chi connectivity index (χ0n) is 13.9. The summed E-state index contributed by atoms with van der Waals surface area (Å²) in [5, 5.41) is 0. The summed E-state index contributed by atoms with van der Waals surface area (Å²) in [7, 11) is 0. The standard InChI is InChI=1S/C21H22N2/c1-13-4-6-16(7-5-13)21-15(3)19(10-11-20(21)23)18-9-8-17(22)12-14(18)2/h4-12H,22-23H2,1-3H3. The highest BCUT2D eigenvalue weighted by molar-refractivity contribution is 5.87. The minimum atomic E-state index is 0.790. The van der Waals surface area contributed by atoms with Gasteiger partial charge in [0, 0.05) is 16.9 Å². The van der Waals surface area contributed by atoms with Crippen molar-refractivity contribution in [2.75, 3.05) is 11.5 Å². The van der Waals surface area contributed by atoms with Crippen molar-refractivity contribution in [3.05, 3.63) is 71.3 Å². The summed E-state index contributed by atoms with van der Waals surface area (Å²) < 4.78 is 0. The highest BCUT2D eigenvalue weighted by Gasteiger charge is 2.13. The lowest BCUT2D eigenvalue weighted by Crippen LogP contribution is -1.97. The first-order valence-electron chi connectivity index (χ1n) is 7.80. The maximum atomic E-state index is 6.28. The molecule has 116 valence electrons. The van der Waals surface area contributed by atoms with Crippen molar-refractivity contribution in [2.24, 2.45) is 0 Å². The molecule has 0 aliphatic heterocycles. The maximum absolute atomic E-state index is 6.28. The molecule has 0 heterocycles. The lowest BCUT2D eigenvalue weighted by Gasteiger charge is -2.16. The monoisotopic (exact) mass is 302 g/mol. The van der Waals surface area contributed by atoms with Crippen LogP contribution >= 0.6 is 0 Å².